The highest BCUT2D eigenvalue weighted by Crippen LogP contribution is 2.16. The first-order valence-electron chi connectivity index (χ1n) is 20.8. The number of hydrogen-bond donors (Lipinski definition) is 0. The first kappa shape index (κ1) is 43.0. The Morgan fingerprint density at radius 1 is 0.256 bits per heavy atom. The average molecular weight is 606 g/mol. The van der Waals surface area contributed by atoms with Crippen molar-refractivity contribution in [3.05, 3.63) is 6.61 Å². The molecule has 0 aromatic rings. The summed E-state index contributed by atoms with van der Waals surface area (Å²) in [6.07, 6.45) is 54.6. The summed E-state index contributed by atoms with van der Waals surface area (Å²) in [5.41, 5.74) is 0. The molecule has 0 fully saturated rings. The van der Waals surface area contributed by atoms with E-state index in [2.05, 4.69) is 20.5 Å². The van der Waals surface area contributed by atoms with Crippen LogP contribution in [0.5, 0.6) is 0 Å². The highest BCUT2D eigenvalue weighted by Gasteiger charge is 1.98. The van der Waals surface area contributed by atoms with Gasteiger partial charge in [-0.1, -0.05) is 245 Å². The van der Waals surface area contributed by atoms with Crippen molar-refractivity contribution in [1.82, 2.24) is 0 Å². The fraction of sp³-hybridized carbons (Fsp3) is 0.976. The molecule has 0 spiro atoms. The van der Waals surface area contributed by atoms with Gasteiger partial charge in [-0.3, -0.25) is 0 Å². The van der Waals surface area contributed by atoms with Gasteiger partial charge in [-0.05, 0) is 12.8 Å². The summed E-state index contributed by atoms with van der Waals surface area (Å²) in [5.74, 6) is 0. The van der Waals surface area contributed by atoms with Gasteiger partial charge in [0.2, 0.25) is 0 Å². The van der Waals surface area contributed by atoms with E-state index < -0.39 is 0 Å². The molecule has 0 aliphatic rings. The first-order chi connectivity index (χ1) is 21.4. The van der Waals surface area contributed by atoms with E-state index in [0.717, 1.165) is 13.0 Å². The van der Waals surface area contributed by atoms with Crippen molar-refractivity contribution in [3.63, 3.8) is 0 Å². The lowest BCUT2D eigenvalue weighted by molar-refractivity contribution is 0.183. The largest absolute Gasteiger partial charge is 0.376 e. The van der Waals surface area contributed by atoms with Crippen LogP contribution in [0.25, 0.3) is 0 Å². The van der Waals surface area contributed by atoms with Crippen LogP contribution >= 0.6 is 0 Å². The molecule has 0 saturated carbocycles. The lowest BCUT2D eigenvalue weighted by Crippen LogP contribution is -1.92. The van der Waals surface area contributed by atoms with Crippen LogP contribution in [0.3, 0.4) is 0 Å². The van der Waals surface area contributed by atoms with Gasteiger partial charge < -0.3 is 4.74 Å². The van der Waals surface area contributed by atoms with E-state index in [9.17, 15) is 0 Å². The van der Waals surface area contributed by atoms with E-state index in [1.54, 1.807) is 0 Å². The van der Waals surface area contributed by atoms with Crippen LogP contribution in [0.2, 0.25) is 0 Å². The fourth-order valence-corrected chi connectivity index (χ4v) is 6.56. The zero-order valence-corrected chi connectivity index (χ0v) is 30.6. The normalized spacial score (nSPS) is 11.6. The Hall–Kier alpha value is -0.0400. The van der Waals surface area contributed by atoms with Crippen molar-refractivity contribution >= 4 is 0 Å². The average Bonchev–Trinajstić information content (AvgIpc) is 3.02. The predicted molar refractivity (Wildman–Crippen MR) is 197 cm³/mol. The van der Waals surface area contributed by atoms with Crippen LogP contribution in [0.1, 0.15) is 258 Å². The molecule has 0 saturated heterocycles. The Morgan fingerprint density at radius 2 is 0.465 bits per heavy atom. The second kappa shape index (κ2) is 42.0. The van der Waals surface area contributed by atoms with Gasteiger partial charge in [0.1, 0.15) is 0 Å². The Bertz CT molecular complexity index is 406. The summed E-state index contributed by atoms with van der Waals surface area (Å²) in [5, 5.41) is 0. The first-order valence-corrected chi connectivity index (χ1v) is 20.8. The van der Waals surface area contributed by atoms with E-state index in [0.29, 0.717) is 0 Å². The topological polar surface area (TPSA) is 9.23 Å². The van der Waals surface area contributed by atoms with Gasteiger partial charge in [0.15, 0.2) is 0 Å². The standard InChI is InChI=1S/C42H85O/c1-3-5-7-9-11-13-15-17-18-19-20-21-22-23-24-25-26-27-28-29-30-32-34-36-38-40-42-43-41-39-37-35-33-31-16-14-12-10-8-6-4-2/h42H,3-41H2,1-2H3. The van der Waals surface area contributed by atoms with Crippen LogP contribution in [0, 0.1) is 6.61 Å². The van der Waals surface area contributed by atoms with Crippen LogP contribution < -0.4 is 0 Å². The van der Waals surface area contributed by atoms with Crippen LogP contribution in [0.15, 0.2) is 0 Å². The van der Waals surface area contributed by atoms with Gasteiger partial charge >= 0.3 is 0 Å². The van der Waals surface area contributed by atoms with Gasteiger partial charge in [-0.15, -0.1) is 0 Å². The van der Waals surface area contributed by atoms with Crippen molar-refractivity contribution in [2.45, 2.75) is 258 Å². The molecule has 0 aliphatic carbocycles. The van der Waals surface area contributed by atoms with Gasteiger partial charge in [0, 0.05) is 6.61 Å². The minimum Gasteiger partial charge on any atom is -0.376 e. The van der Waals surface area contributed by atoms with Crippen molar-refractivity contribution < 1.29 is 4.74 Å². The predicted octanol–water partition coefficient (Wildman–Crippen LogP) is 16.0. The summed E-state index contributed by atoms with van der Waals surface area (Å²) >= 11 is 0. The van der Waals surface area contributed by atoms with Crippen LogP contribution in [-0.2, 0) is 4.74 Å². The Kier molecular flexibility index (Phi) is 41.9. The molecule has 0 atom stereocenters. The van der Waals surface area contributed by atoms with E-state index >= 15 is 0 Å². The maximum Gasteiger partial charge on any atom is 0.0836 e. The van der Waals surface area contributed by atoms with Gasteiger partial charge in [-0.2, -0.15) is 0 Å². The molecule has 1 nitrogen and oxygen atoms in total. The third-order valence-electron chi connectivity index (χ3n) is 9.66. The molecule has 0 N–H and O–H groups in total. The van der Waals surface area contributed by atoms with Crippen molar-refractivity contribution in [3.8, 4) is 0 Å². The third kappa shape index (κ3) is 42.0. The summed E-state index contributed by atoms with van der Waals surface area (Å²) in [4.78, 5) is 0. The minimum atomic E-state index is 0.941. The van der Waals surface area contributed by atoms with Crippen molar-refractivity contribution in [2.75, 3.05) is 6.61 Å². The molecule has 0 unspecified atom stereocenters. The highest BCUT2D eigenvalue weighted by atomic mass is 16.5. The molecule has 1 heteroatoms. The Morgan fingerprint density at radius 3 is 0.721 bits per heavy atom. The molecule has 0 heterocycles. The molecular formula is C42H85O. The molecular weight excluding hydrogens is 520 g/mol. The lowest BCUT2D eigenvalue weighted by Gasteiger charge is -2.05. The maximum atomic E-state index is 5.76. The van der Waals surface area contributed by atoms with Crippen molar-refractivity contribution in [2.24, 2.45) is 0 Å². The molecule has 0 aromatic heterocycles. The molecule has 0 aliphatic heterocycles. The lowest BCUT2D eigenvalue weighted by atomic mass is 10.0. The molecule has 0 rings (SSSR count). The van der Waals surface area contributed by atoms with Crippen LogP contribution in [-0.4, -0.2) is 6.61 Å². The number of unbranched alkanes of at least 4 members (excludes halogenated alkanes) is 36. The van der Waals surface area contributed by atoms with E-state index in [-0.39, 0.29) is 0 Å². The quantitative estimate of drug-likeness (QED) is 0.0631. The number of rotatable bonds is 40. The van der Waals surface area contributed by atoms with Gasteiger partial charge in [-0.25, -0.2) is 0 Å². The summed E-state index contributed by atoms with van der Waals surface area (Å²) < 4.78 is 5.76. The van der Waals surface area contributed by atoms with E-state index in [1.807, 2.05) is 0 Å². The summed E-state index contributed by atoms with van der Waals surface area (Å²) in [7, 11) is 0. The molecule has 43 heavy (non-hydrogen) atoms. The van der Waals surface area contributed by atoms with Crippen molar-refractivity contribution in [1.29, 1.82) is 0 Å². The minimum absolute atomic E-state index is 0.941. The van der Waals surface area contributed by atoms with Gasteiger partial charge in [0.05, 0.1) is 6.61 Å². The maximum absolute atomic E-state index is 5.76. The fourth-order valence-electron chi connectivity index (χ4n) is 6.56. The monoisotopic (exact) mass is 606 g/mol. The summed E-state index contributed by atoms with van der Waals surface area (Å²) in [6, 6.07) is 0. The Balaban J connectivity index is 3.02. The number of ether oxygens (including phenoxy) is 1. The second-order valence-corrected chi connectivity index (χ2v) is 14.2. The SMILES string of the molecule is CCCCCCCCCCCCCCCCCCCCCCCCCCC[CH]OCCCCCCCCCCCCCC. The van der Waals surface area contributed by atoms with Gasteiger partial charge in [0.25, 0.3) is 0 Å². The highest BCUT2D eigenvalue weighted by molar-refractivity contribution is 4.55. The molecule has 0 bridgehead atoms. The smallest absolute Gasteiger partial charge is 0.0836 e. The summed E-state index contributed by atoms with van der Waals surface area (Å²) in [6.45, 7) is 7.64. The second-order valence-electron chi connectivity index (χ2n) is 14.2. The molecule has 259 valence electrons. The molecule has 1 radical (unpaired) electrons. The van der Waals surface area contributed by atoms with E-state index in [1.165, 1.54) is 238 Å². The molecule has 0 aromatic carbocycles. The number of hydrogen-bond acceptors (Lipinski definition) is 1. The van der Waals surface area contributed by atoms with E-state index in [4.69, 9.17) is 4.74 Å². The van der Waals surface area contributed by atoms with Crippen LogP contribution in [0.4, 0.5) is 0 Å². The zero-order chi connectivity index (χ0) is 31.0. The zero-order valence-electron chi connectivity index (χ0n) is 30.6. The third-order valence-corrected chi connectivity index (χ3v) is 9.66. The molecule has 0 amide bonds. The Labute approximate surface area is 275 Å².